The van der Waals surface area contributed by atoms with Crippen LogP contribution in [0.5, 0.6) is 0 Å². The summed E-state index contributed by atoms with van der Waals surface area (Å²) in [5.41, 5.74) is 2.15. The maximum Gasteiger partial charge on any atom is 0.274 e. The number of rotatable bonds is 5. The first-order valence-electron chi connectivity index (χ1n) is 8.45. The van der Waals surface area contributed by atoms with Gasteiger partial charge >= 0.3 is 0 Å². The minimum absolute atomic E-state index is 0.0530. The summed E-state index contributed by atoms with van der Waals surface area (Å²) in [4.78, 5) is 23.1. The second kappa shape index (κ2) is 7.20. The van der Waals surface area contributed by atoms with Crippen molar-refractivity contribution in [2.24, 2.45) is 0 Å². The van der Waals surface area contributed by atoms with E-state index in [4.69, 9.17) is 0 Å². The highest BCUT2D eigenvalue weighted by Crippen LogP contribution is 2.25. The minimum atomic E-state index is -0.478. The topological polar surface area (TPSA) is 103 Å². The molecule has 2 aromatic heterocycles. The highest BCUT2D eigenvalue weighted by molar-refractivity contribution is 7.17. The van der Waals surface area contributed by atoms with E-state index >= 15 is 0 Å². The van der Waals surface area contributed by atoms with Crippen LogP contribution < -0.4 is 5.32 Å². The number of hydrogen-bond donors (Lipinski definition) is 1. The summed E-state index contributed by atoms with van der Waals surface area (Å²) in [6.45, 7) is 2.08. The molecule has 4 aromatic rings. The lowest BCUT2D eigenvalue weighted by Gasteiger charge is -2.05. The van der Waals surface area contributed by atoms with Crippen molar-refractivity contribution < 1.29 is 9.72 Å². The Kier molecular flexibility index (Phi) is 4.58. The average molecular weight is 393 g/mol. The molecule has 0 aliphatic rings. The standard InChI is InChI=1S/C19H15N5O3S/c1-12-18(21-22-23(12)14-5-4-6-15(9-14)24(26)27)19(25)20-10-13-11-28-17-8-3-2-7-16(13)17/h2-9,11H,10H2,1H3,(H,20,25). The van der Waals surface area contributed by atoms with Crippen LogP contribution in [0.1, 0.15) is 21.7 Å². The average Bonchev–Trinajstić information content (AvgIpc) is 3.30. The van der Waals surface area contributed by atoms with Crippen molar-refractivity contribution in [2.45, 2.75) is 13.5 Å². The number of nitro groups is 1. The van der Waals surface area contributed by atoms with Gasteiger partial charge in [0, 0.05) is 23.4 Å². The van der Waals surface area contributed by atoms with E-state index in [1.165, 1.54) is 21.5 Å². The zero-order valence-corrected chi connectivity index (χ0v) is 15.6. The Hall–Kier alpha value is -3.59. The number of amides is 1. The Balaban J connectivity index is 1.54. The Morgan fingerprint density at radius 2 is 2.07 bits per heavy atom. The highest BCUT2D eigenvalue weighted by atomic mass is 32.1. The van der Waals surface area contributed by atoms with Crippen molar-refractivity contribution in [1.82, 2.24) is 20.3 Å². The molecule has 4 rings (SSSR count). The minimum Gasteiger partial charge on any atom is -0.346 e. The third-order valence-corrected chi connectivity index (χ3v) is 5.41. The number of thiophene rings is 1. The van der Waals surface area contributed by atoms with Gasteiger partial charge in [-0.3, -0.25) is 14.9 Å². The van der Waals surface area contributed by atoms with Crippen LogP contribution >= 0.6 is 11.3 Å². The third-order valence-electron chi connectivity index (χ3n) is 4.40. The van der Waals surface area contributed by atoms with E-state index in [0.717, 1.165) is 10.9 Å². The SMILES string of the molecule is Cc1c(C(=O)NCc2csc3ccccc23)nnn1-c1cccc([N+](=O)[O-])c1. The van der Waals surface area contributed by atoms with Gasteiger partial charge in [-0.05, 0) is 35.4 Å². The lowest BCUT2D eigenvalue weighted by Crippen LogP contribution is -2.24. The molecule has 0 aliphatic carbocycles. The van der Waals surface area contributed by atoms with Crippen molar-refractivity contribution in [1.29, 1.82) is 0 Å². The van der Waals surface area contributed by atoms with Crippen LogP contribution in [-0.4, -0.2) is 25.8 Å². The van der Waals surface area contributed by atoms with Crippen LogP contribution in [0.15, 0.2) is 53.9 Å². The molecular weight excluding hydrogens is 378 g/mol. The van der Waals surface area contributed by atoms with Crippen LogP contribution in [0, 0.1) is 17.0 Å². The summed E-state index contributed by atoms with van der Waals surface area (Å²) in [6.07, 6.45) is 0. The Labute approximate surface area is 163 Å². The number of carbonyl (C=O) groups excluding carboxylic acids is 1. The van der Waals surface area contributed by atoms with E-state index in [9.17, 15) is 14.9 Å². The molecule has 2 aromatic carbocycles. The van der Waals surface area contributed by atoms with Crippen molar-refractivity contribution in [3.63, 3.8) is 0 Å². The molecule has 9 heteroatoms. The number of non-ortho nitro benzene ring substituents is 1. The fourth-order valence-corrected chi connectivity index (χ4v) is 3.91. The molecule has 0 fully saturated rings. The van der Waals surface area contributed by atoms with Crippen LogP contribution in [0.4, 0.5) is 5.69 Å². The Morgan fingerprint density at radius 3 is 2.89 bits per heavy atom. The van der Waals surface area contributed by atoms with Gasteiger partial charge in [-0.25, -0.2) is 4.68 Å². The molecule has 0 unspecified atom stereocenters. The predicted octanol–water partition coefficient (Wildman–Crippen LogP) is 3.63. The van der Waals surface area contributed by atoms with Gasteiger partial charge in [-0.2, -0.15) is 0 Å². The number of nitro benzene ring substituents is 1. The van der Waals surface area contributed by atoms with E-state index in [2.05, 4.69) is 15.6 Å². The molecule has 28 heavy (non-hydrogen) atoms. The first kappa shape index (κ1) is 17.8. The van der Waals surface area contributed by atoms with E-state index in [0.29, 0.717) is 17.9 Å². The van der Waals surface area contributed by atoms with Gasteiger partial charge in [0.2, 0.25) is 0 Å². The second-order valence-electron chi connectivity index (χ2n) is 6.15. The normalized spacial score (nSPS) is 10.9. The van der Waals surface area contributed by atoms with E-state index in [1.54, 1.807) is 30.4 Å². The van der Waals surface area contributed by atoms with Gasteiger partial charge in [0.05, 0.1) is 16.3 Å². The highest BCUT2D eigenvalue weighted by Gasteiger charge is 2.18. The van der Waals surface area contributed by atoms with Crippen LogP contribution in [0.2, 0.25) is 0 Å². The molecule has 0 bridgehead atoms. The smallest absolute Gasteiger partial charge is 0.274 e. The first-order valence-corrected chi connectivity index (χ1v) is 9.33. The predicted molar refractivity (Wildman–Crippen MR) is 106 cm³/mol. The molecule has 0 atom stereocenters. The monoisotopic (exact) mass is 393 g/mol. The second-order valence-corrected chi connectivity index (χ2v) is 7.06. The molecule has 2 heterocycles. The third kappa shape index (κ3) is 3.23. The molecule has 140 valence electrons. The maximum absolute atomic E-state index is 12.6. The van der Waals surface area contributed by atoms with Crippen LogP contribution in [0.25, 0.3) is 15.8 Å². The molecule has 0 spiro atoms. The summed E-state index contributed by atoms with van der Waals surface area (Å²) in [5, 5.41) is 24.9. The van der Waals surface area contributed by atoms with Crippen LogP contribution in [-0.2, 0) is 6.54 Å². The van der Waals surface area contributed by atoms with E-state index in [-0.39, 0.29) is 17.3 Å². The summed E-state index contributed by atoms with van der Waals surface area (Å²) >= 11 is 1.63. The van der Waals surface area contributed by atoms with Gasteiger partial charge in [0.25, 0.3) is 11.6 Å². The van der Waals surface area contributed by atoms with Crippen molar-refractivity contribution >= 4 is 33.0 Å². The van der Waals surface area contributed by atoms with Gasteiger partial charge < -0.3 is 5.32 Å². The molecule has 0 saturated carbocycles. The lowest BCUT2D eigenvalue weighted by molar-refractivity contribution is -0.384. The molecule has 8 nitrogen and oxygen atoms in total. The van der Waals surface area contributed by atoms with Gasteiger partial charge in [0.15, 0.2) is 5.69 Å². The van der Waals surface area contributed by atoms with Crippen LogP contribution in [0.3, 0.4) is 0 Å². The Bertz CT molecular complexity index is 1200. The summed E-state index contributed by atoms with van der Waals surface area (Å²) in [5.74, 6) is -0.343. The number of carbonyl (C=O) groups is 1. The summed E-state index contributed by atoms with van der Waals surface area (Å²) in [7, 11) is 0. The number of hydrogen-bond acceptors (Lipinski definition) is 6. The van der Waals surface area contributed by atoms with Gasteiger partial charge in [-0.15, -0.1) is 16.4 Å². The van der Waals surface area contributed by atoms with Gasteiger partial charge in [-0.1, -0.05) is 29.5 Å². The summed E-state index contributed by atoms with van der Waals surface area (Å²) < 4.78 is 2.58. The fourth-order valence-electron chi connectivity index (χ4n) is 2.95. The number of nitrogens with zero attached hydrogens (tertiary/aromatic N) is 4. The molecule has 1 N–H and O–H groups in total. The van der Waals surface area contributed by atoms with Gasteiger partial charge in [0.1, 0.15) is 0 Å². The molecular formula is C19H15N5O3S. The largest absolute Gasteiger partial charge is 0.346 e. The molecule has 0 radical (unpaired) electrons. The van der Waals surface area contributed by atoms with Crippen molar-refractivity contribution in [2.75, 3.05) is 0 Å². The quantitative estimate of drug-likeness (QED) is 0.412. The molecule has 1 amide bonds. The lowest BCUT2D eigenvalue weighted by atomic mass is 10.2. The van der Waals surface area contributed by atoms with E-state index < -0.39 is 4.92 Å². The summed E-state index contributed by atoms with van der Waals surface area (Å²) in [6, 6.07) is 14.0. The first-order chi connectivity index (χ1) is 13.5. The Morgan fingerprint density at radius 1 is 1.25 bits per heavy atom. The zero-order valence-electron chi connectivity index (χ0n) is 14.8. The maximum atomic E-state index is 12.6. The number of nitrogens with one attached hydrogen (secondary N) is 1. The fraction of sp³-hybridized carbons (Fsp3) is 0.105. The number of benzene rings is 2. The zero-order chi connectivity index (χ0) is 19.7. The number of aromatic nitrogens is 3. The van der Waals surface area contributed by atoms with Crippen molar-refractivity contribution in [3.8, 4) is 5.69 Å². The molecule has 0 saturated heterocycles. The number of fused-ring (bicyclic) bond motifs is 1. The molecule has 0 aliphatic heterocycles. The van der Waals surface area contributed by atoms with Crippen molar-refractivity contribution in [3.05, 3.63) is 81.0 Å². The van der Waals surface area contributed by atoms with E-state index in [1.807, 2.05) is 29.6 Å².